The quantitative estimate of drug-likeness (QED) is 0.648. The Kier molecular flexibility index (Phi) is 3.60. The Morgan fingerprint density at radius 2 is 2.00 bits per heavy atom. The first-order chi connectivity index (χ1) is 11.2. The van der Waals surface area contributed by atoms with Gasteiger partial charge in [0.2, 0.25) is 0 Å². The minimum atomic E-state index is -0.113. The van der Waals surface area contributed by atoms with Gasteiger partial charge in [-0.25, -0.2) is 0 Å². The zero-order valence-corrected chi connectivity index (χ0v) is 13.2. The summed E-state index contributed by atoms with van der Waals surface area (Å²) in [6, 6.07) is 8.14. The van der Waals surface area contributed by atoms with Crippen LogP contribution in [0.3, 0.4) is 0 Å². The minimum absolute atomic E-state index is 0.113. The fourth-order valence-corrected chi connectivity index (χ4v) is 3.95. The van der Waals surface area contributed by atoms with Gasteiger partial charge in [0.05, 0.1) is 0 Å². The maximum Gasteiger partial charge on any atom is 0.255 e. The summed E-state index contributed by atoms with van der Waals surface area (Å²) in [5.41, 5.74) is 2.27. The van der Waals surface area contributed by atoms with Crippen molar-refractivity contribution in [3.63, 3.8) is 0 Å². The number of anilines is 1. The van der Waals surface area contributed by atoms with Crippen LogP contribution in [0.5, 0.6) is 0 Å². The lowest BCUT2D eigenvalue weighted by Gasteiger charge is -2.21. The molecule has 0 bridgehead atoms. The van der Waals surface area contributed by atoms with Crippen molar-refractivity contribution in [1.82, 2.24) is 4.98 Å². The molecule has 1 aromatic carbocycles. The normalized spacial score (nSPS) is 19.3. The van der Waals surface area contributed by atoms with Crippen LogP contribution in [0.15, 0.2) is 36.1 Å². The highest BCUT2D eigenvalue weighted by Gasteiger charge is 2.28. The van der Waals surface area contributed by atoms with Crippen molar-refractivity contribution in [2.75, 3.05) is 11.4 Å². The van der Waals surface area contributed by atoms with Gasteiger partial charge in [-0.05, 0) is 25.3 Å². The van der Waals surface area contributed by atoms with Crippen LogP contribution in [0.1, 0.15) is 37.7 Å². The Morgan fingerprint density at radius 1 is 1.22 bits per heavy atom. The molecule has 1 saturated carbocycles. The lowest BCUT2D eigenvalue weighted by atomic mass is 9.87. The lowest BCUT2D eigenvalue weighted by Crippen LogP contribution is -2.28. The molecule has 0 spiro atoms. The Bertz CT molecular complexity index is 769. The second-order valence-corrected chi connectivity index (χ2v) is 6.64. The number of allylic oxidation sites excluding steroid dienone is 1. The van der Waals surface area contributed by atoms with E-state index in [0.717, 1.165) is 43.4 Å². The van der Waals surface area contributed by atoms with Crippen LogP contribution in [0.2, 0.25) is 0 Å². The van der Waals surface area contributed by atoms with Crippen LogP contribution in [0.4, 0.5) is 5.82 Å². The number of hydrogen-bond donors (Lipinski definition) is 2. The van der Waals surface area contributed by atoms with E-state index in [0.29, 0.717) is 6.54 Å². The largest absolute Gasteiger partial charge is 0.512 e. The molecule has 2 N–H and O–H groups in total. The van der Waals surface area contributed by atoms with Gasteiger partial charge in [-0.3, -0.25) is 9.69 Å². The van der Waals surface area contributed by atoms with Crippen molar-refractivity contribution in [1.29, 1.82) is 0 Å². The number of aromatic amines is 1. The number of aromatic nitrogens is 1. The van der Waals surface area contributed by atoms with Gasteiger partial charge in [-0.15, -0.1) is 0 Å². The molecule has 2 aromatic rings. The topological polar surface area (TPSA) is 56.3 Å². The number of nitrogens with zero attached hydrogens (tertiary/aromatic N) is 1. The minimum Gasteiger partial charge on any atom is -0.512 e. The molecule has 0 radical (unpaired) electrons. The number of benzene rings is 1. The maximum absolute atomic E-state index is 12.6. The first-order valence-electron chi connectivity index (χ1n) is 8.55. The molecule has 23 heavy (non-hydrogen) atoms. The Labute approximate surface area is 135 Å². The van der Waals surface area contributed by atoms with Crippen molar-refractivity contribution < 1.29 is 9.90 Å². The molecule has 1 aromatic heterocycles. The number of carbonyl (C=O) groups excluding carboxylic acids is 1. The van der Waals surface area contributed by atoms with Crippen molar-refractivity contribution >= 4 is 22.6 Å². The number of hydrogen-bond acceptors (Lipinski definition) is 2. The highest BCUT2D eigenvalue weighted by atomic mass is 16.3. The predicted octanol–water partition coefficient (Wildman–Crippen LogP) is 4.08. The zero-order chi connectivity index (χ0) is 15.8. The van der Waals surface area contributed by atoms with Gasteiger partial charge in [-0.2, -0.15) is 0 Å². The predicted molar refractivity (Wildman–Crippen MR) is 91.6 cm³/mol. The molecule has 4 nitrogen and oxygen atoms in total. The van der Waals surface area contributed by atoms with E-state index in [9.17, 15) is 9.90 Å². The van der Waals surface area contributed by atoms with Gasteiger partial charge in [-0.1, -0.05) is 37.5 Å². The second-order valence-electron chi connectivity index (χ2n) is 6.64. The van der Waals surface area contributed by atoms with Crippen LogP contribution in [-0.2, 0) is 11.2 Å². The average molecular weight is 310 g/mol. The summed E-state index contributed by atoms with van der Waals surface area (Å²) in [5.74, 6) is 1.21. The Balaban J connectivity index is 1.59. The fourth-order valence-electron chi connectivity index (χ4n) is 3.95. The van der Waals surface area contributed by atoms with Crippen LogP contribution < -0.4 is 4.90 Å². The number of H-pyrrole nitrogens is 1. The van der Waals surface area contributed by atoms with Crippen molar-refractivity contribution in [3.05, 3.63) is 41.7 Å². The third-order valence-corrected chi connectivity index (χ3v) is 5.21. The summed E-state index contributed by atoms with van der Waals surface area (Å²) in [6.45, 7) is 0.680. The van der Waals surface area contributed by atoms with E-state index >= 15 is 0 Å². The first-order valence-corrected chi connectivity index (χ1v) is 8.55. The number of carbonyl (C=O) groups is 1. The summed E-state index contributed by atoms with van der Waals surface area (Å²) >= 11 is 0. The Hall–Kier alpha value is -2.23. The van der Waals surface area contributed by atoms with Crippen molar-refractivity contribution in [3.8, 4) is 0 Å². The number of aliphatic hydroxyl groups excluding tert-OH is 1. The van der Waals surface area contributed by atoms with E-state index in [2.05, 4.69) is 11.1 Å². The van der Waals surface area contributed by atoms with Crippen LogP contribution in [0.25, 0.3) is 10.9 Å². The number of rotatable bonds is 2. The van der Waals surface area contributed by atoms with Crippen LogP contribution >= 0.6 is 0 Å². The number of amides is 1. The maximum atomic E-state index is 12.6. The van der Waals surface area contributed by atoms with E-state index in [4.69, 9.17) is 0 Å². The third kappa shape index (κ3) is 2.52. The number of fused-ring (bicyclic) bond motifs is 3. The molecule has 4 heteroatoms. The van der Waals surface area contributed by atoms with Crippen LogP contribution in [0, 0.1) is 5.92 Å². The lowest BCUT2D eigenvalue weighted by molar-refractivity contribution is -0.114. The molecule has 0 saturated heterocycles. The SMILES string of the molecule is O=C(/C=C(\O)C1CCCCC1)N1CCc2c1[nH]c1ccccc21. The summed E-state index contributed by atoms with van der Waals surface area (Å²) in [5, 5.41) is 11.5. The summed E-state index contributed by atoms with van der Waals surface area (Å²) in [7, 11) is 0. The molecule has 1 aliphatic heterocycles. The van der Waals surface area contributed by atoms with Crippen LogP contribution in [-0.4, -0.2) is 22.5 Å². The molecule has 4 rings (SSSR count). The van der Waals surface area contributed by atoms with E-state index in [-0.39, 0.29) is 17.6 Å². The second kappa shape index (κ2) is 5.76. The molecule has 0 unspecified atom stereocenters. The molecule has 1 fully saturated rings. The smallest absolute Gasteiger partial charge is 0.255 e. The molecule has 1 aliphatic carbocycles. The standard InChI is InChI=1S/C19H22N2O2/c22-17(13-6-2-1-3-7-13)12-18(23)21-11-10-15-14-8-4-5-9-16(14)20-19(15)21/h4-5,8-9,12-13,20,22H,1-3,6-7,10-11H2/b17-12-. The molecule has 0 atom stereocenters. The van der Waals surface area contributed by atoms with E-state index in [1.807, 2.05) is 18.2 Å². The van der Waals surface area contributed by atoms with Gasteiger partial charge >= 0.3 is 0 Å². The number of nitrogens with one attached hydrogen (secondary N) is 1. The molecule has 120 valence electrons. The summed E-state index contributed by atoms with van der Waals surface area (Å²) in [4.78, 5) is 17.7. The molecular weight excluding hydrogens is 288 g/mol. The average Bonchev–Trinajstić information content (AvgIpc) is 3.14. The van der Waals surface area contributed by atoms with E-state index in [1.165, 1.54) is 23.4 Å². The summed E-state index contributed by atoms with van der Waals surface area (Å²) in [6.07, 6.45) is 7.82. The Morgan fingerprint density at radius 3 is 2.83 bits per heavy atom. The van der Waals surface area contributed by atoms with Gasteiger partial charge in [0.1, 0.15) is 11.6 Å². The van der Waals surface area contributed by atoms with Gasteiger partial charge in [0, 0.05) is 35.0 Å². The van der Waals surface area contributed by atoms with Gasteiger partial charge in [0.15, 0.2) is 0 Å². The molecule has 2 aliphatic rings. The molecule has 1 amide bonds. The van der Waals surface area contributed by atoms with E-state index in [1.54, 1.807) is 4.90 Å². The highest BCUT2D eigenvalue weighted by molar-refractivity contribution is 6.05. The fraction of sp³-hybridized carbons (Fsp3) is 0.421. The van der Waals surface area contributed by atoms with E-state index < -0.39 is 0 Å². The number of para-hydroxylation sites is 1. The van der Waals surface area contributed by atoms with Crippen molar-refractivity contribution in [2.45, 2.75) is 38.5 Å². The number of aliphatic hydroxyl groups is 1. The molecule has 2 heterocycles. The monoisotopic (exact) mass is 310 g/mol. The first kappa shape index (κ1) is 14.4. The third-order valence-electron chi connectivity index (χ3n) is 5.21. The van der Waals surface area contributed by atoms with Gasteiger partial charge in [0.25, 0.3) is 5.91 Å². The summed E-state index contributed by atoms with van der Waals surface area (Å²) < 4.78 is 0. The van der Waals surface area contributed by atoms with Gasteiger partial charge < -0.3 is 10.1 Å². The molecular formula is C19H22N2O2. The highest BCUT2D eigenvalue weighted by Crippen LogP contribution is 2.35. The zero-order valence-electron chi connectivity index (χ0n) is 13.2. The van der Waals surface area contributed by atoms with Crippen molar-refractivity contribution in [2.24, 2.45) is 5.92 Å².